The predicted octanol–water partition coefficient (Wildman–Crippen LogP) is 22.5. The van der Waals surface area contributed by atoms with Crippen molar-refractivity contribution in [2.75, 3.05) is 9.80 Å². The van der Waals surface area contributed by atoms with Gasteiger partial charge in [-0.15, -0.1) is 0 Å². The quantitative estimate of drug-likeness (QED) is 0.0474. The maximum absolute atomic E-state index is 2.63. The summed E-state index contributed by atoms with van der Waals surface area (Å²) in [4.78, 5) is 4.83. The normalized spacial score (nSPS) is 12.5. The molecule has 1 aliphatic rings. The van der Waals surface area contributed by atoms with Gasteiger partial charge in [-0.2, -0.15) is 0 Å². The second-order valence-electron chi connectivity index (χ2n) is 22.1. The fraction of sp³-hybridized carbons (Fsp3) is 0.370. The van der Waals surface area contributed by atoms with Gasteiger partial charge in [-0.3, -0.25) is 0 Å². The minimum Gasteiger partial charge on any atom is -0.311 e. The van der Waals surface area contributed by atoms with Gasteiger partial charge in [-0.05, 0) is 192 Å². The maximum Gasteiger partial charge on any atom is 0.0463 e. The Morgan fingerprint density at radius 3 is 1.23 bits per heavy atom. The summed E-state index contributed by atoms with van der Waals surface area (Å²) in [5, 5.41) is 2.81. The monoisotopic (exact) mass is 991 g/mol. The Bertz CT molecular complexity index is 3020. The number of hydrogen-bond acceptors (Lipinski definition) is 2. The van der Waals surface area contributed by atoms with E-state index in [0.29, 0.717) is 0 Å². The van der Waals surface area contributed by atoms with Gasteiger partial charge in [0, 0.05) is 39.5 Å². The molecule has 388 valence electrons. The van der Waals surface area contributed by atoms with E-state index in [0.717, 1.165) is 35.6 Å². The zero-order valence-corrected chi connectivity index (χ0v) is 46.7. The molecule has 0 N–H and O–H groups in total. The lowest BCUT2D eigenvalue weighted by atomic mass is 9.69. The lowest BCUT2D eigenvalue weighted by Gasteiger charge is -2.33. The summed E-state index contributed by atoms with van der Waals surface area (Å²) in [7, 11) is 0. The van der Waals surface area contributed by atoms with Crippen molar-refractivity contribution in [2.24, 2.45) is 0 Å². The number of nitrogens with zero attached hydrogens (tertiary/aromatic N) is 2. The van der Waals surface area contributed by atoms with Crippen molar-refractivity contribution in [1.82, 2.24) is 0 Å². The van der Waals surface area contributed by atoms with Crippen LogP contribution in [0, 0.1) is 13.8 Å². The van der Waals surface area contributed by atoms with E-state index in [9.17, 15) is 0 Å². The Labute approximate surface area is 453 Å². The summed E-state index contributed by atoms with van der Waals surface area (Å²) in [6.07, 6.45) is 25.3. The lowest BCUT2D eigenvalue weighted by molar-refractivity contribution is 0.398. The Hall–Kier alpha value is -6.38. The van der Waals surface area contributed by atoms with Crippen LogP contribution in [0.3, 0.4) is 0 Å². The van der Waals surface area contributed by atoms with Crippen molar-refractivity contribution in [3.8, 4) is 22.3 Å². The predicted molar refractivity (Wildman–Crippen MR) is 328 cm³/mol. The molecule has 0 bridgehead atoms. The second-order valence-corrected chi connectivity index (χ2v) is 22.1. The Morgan fingerprint density at radius 1 is 0.347 bits per heavy atom. The summed E-state index contributed by atoms with van der Waals surface area (Å²) < 4.78 is 0. The molecule has 8 aromatic carbocycles. The molecule has 0 aliphatic heterocycles. The smallest absolute Gasteiger partial charge is 0.0463 e. The van der Waals surface area contributed by atoms with Crippen molar-refractivity contribution in [1.29, 1.82) is 0 Å². The van der Waals surface area contributed by atoms with Crippen LogP contribution in [0.5, 0.6) is 0 Å². The lowest BCUT2D eigenvalue weighted by Crippen LogP contribution is -2.26. The first-order valence-electron chi connectivity index (χ1n) is 29.6. The van der Waals surface area contributed by atoms with Gasteiger partial charge in [0.2, 0.25) is 0 Å². The van der Waals surface area contributed by atoms with E-state index in [1.165, 1.54) is 182 Å². The largest absolute Gasteiger partial charge is 0.311 e. The molecule has 1 aliphatic carbocycles. The van der Waals surface area contributed by atoms with Crippen LogP contribution in [0.25, 0.3) is 33.0 Å². The molecule has 2 heteroatoms. The van der Waals surface area contributed by atoms with Crippen LogP contribution < -0.4 is 9.80 Å². The highest BCUT2D eigenvalue weighted by Gasteiger charge is 2.43. The maximum atomic E-state index is 2.63. The van der Waals surface area contributed by atoms with Gasteiger partial charge in [0.25, 0.3) is 0 Å². The summed E-state index contributed by atoms with van der Waals surface area (Å²) >= 11 is 0. The highest BCUT2D eigenvalue weighted by Crippen LogP contribution is 2.57. The fourth-order valence-electron chi connectivity index (χ4n) is 12.3. The number of benzene rings is 8. The van der Waals surface area contributed by atoms with Gasteiger partial charge in [-0.25, -0.2) is 0 Å². The highest BCUT2D eigenvalue weighted by atomic mass is 15.2. The molecule has 0 aromatic heterocycles. The van der Waals surface area contributed by atoms with E-state index in [1.807, 2.05) is 0 Å². The molecule has 75 heavy (non-hydrogen) atoms. The summed E-state index contributed by atoms with van der Waals surface area (Å²) in [5.41, 5.74) is 21.1. The van der Waals surface area contributed by atoms with Crippen molar-refractivity contribution in [3.05, 3.63) is 203 Å². The highest BCUT2D eigenvalue weighted by molar-refractivity contribution is 6.04. The van der Waals surface area contributed by atoms with Gasteiger partial charge in [0.15, 0.2) is 0 Å². The summed E-state index contributed by atoms with van der Waals surface area (Å²) in [6, 6.07) is 65.5. The van der Waals surface area contributed by atoms with Crippen molar-refractivity contribution in [3.63, 3.8) is 0 Å². The average Bonchev–Trinajstić information content (AvgIpc) is 3.75. The summed E-state index contributed by atoms with van der Waals surface area (Å²) in [5.74, 6) is 0. The van der Waals surface area contributed by atoms with Gasteiger partial charge in [0.1, 0.15) is 0 Å². The first kappa shape index (κ1) is 53.4. The summed E-state index contributed by atoms with van der Waals surface area (Å²) in [6.45, 7) is 13.7. The van der Waals surface area contributed by atoms with Crippen molar-refractivity contribution < 1.29 is 0 Å². The van der Waals surface area contributed by atoms with Crippen LogP contribution >= 0.6 is 0 Å². The van der Waals surface area contributed by atoms with Crippen LogP contribution in [0.2, 0.25) is 0 Å². The zero-order chi connectivity index (χ0) is 52.0. The van der Waals surface area contributed by atoms with E-state index in [-0.39, 0.29) is 5.41 Å². The minimum atomic E-state index is 0.00426. The van der Waals surface area contributed by atoms with E-state index in [2.05, 4.69) is 221 Å². The number of fused-ring (bicyclic) bond motifs is 5. The third-order valence-electron chi connectivity index (χ3n) is 16.6. The van der Waals surface area contributed by atoms with Gasteiger partial charge < -0.3 is 9.80 Å². The first-order chi connectivity index (χ1) is 36.8. The number of rotatable bonds is 27. The van der Waals surface area contributed by atoms with Gasteiger partial charge in [0.05, 0.1) is 0 Å². The van der Waals surface area contributed by atoms with E-state index >= 15 is 0 Å². The number of aryl methyl sites for hydroxylation is 4. The third-order valence-corrected chi connectivity index (χ3v) is 16.6. The SMILES string of the molecule is CCCCCCCCC1(CCCCCCCC)c2cc(-c3ccc(N(c4ccc(CCCC)cc4)c4ccc(N(c5ccc(C)cc5)c5ccc(CCCC)cc5)cc4)cc3)ccc2-c2c1cc(C)c1ccccc21. The van der Waals surface area contributed by atoms with Crippen LogP contribution in [0.15, 0.2) is 170 Å². The van der Waals surface area contributed by atoms with Crippen LogP contribution in [-0.4, -0.2) is 0 Å². The van der Waals surface area contributed by atoms with Gasteiger partial charge >= 0.3 is 0 Å². The molecule has 0 amide bonds. The second kappa shape index (κ2) is 25.9. The van der Waals surface area contributed by atoms with E-state index in [1.54, 1.807) is 11.1 Å². The average molecular weight is 992 g/mol. The van der Waals surface area contributed by atoms with Crippen molar-refractivity contribution in [2.45, 2.75) is 175 Å². The Kier molecular flexibility index (Phi) is 18.5. The molecule has 0 fully saturated rings. The van der Waals surface area contributed by atoms with Crippen molar-refractivity contribution >= 4 is 44.9 Å². The fourth-order valence-corrected chi connectivity index (χ4v) is 12.3. The van der Waals surface area contributed by atoms with E-state index in [4.69, 9.17) is 0 Å². The molecule has 0 saturated heterocycles. The van der Waals surface area contributed by atoms with E-state index < -0.39 is 0 Å². The molecule has 0 atom stereocenters. The molecule has 0 spiro atoms. The molecule has 0 saturated carbocycles. The van der Waals surface area contributed by atoms with Crippen LogP contribution in [0.4, 0.5) is 34.1 Å². The molecule has 9 rings (SSSR count). The van der Waals surface area contributed by atoms with Crippen LogP contribution in [-0.2, 0) is 18.3 Å². The minimum absolute atomic E-state index is 0.00426. The number of anilines is 6. The standard InChI is InChI=1S/C73H86N2/c1-7-11-15-17-19-23-51-73(52-24-20-18-16-12-8-2)70-54-60(37-50-69(70)72-68-28-22-21-27-67(68)56(6)53-71(72)73)59-35-44-64(45-36-59)75(63-42-33-58(34-43-63)26-14-10-4)66-48-46-65(47-49-66)74(61-38-29-55(5)30-39-61)62-40-31-57(32-41-62)25-13-9-3/h21-22,27-50,53-54H,7-20,23-26,51-52H2,1-6H3. The molecule has 0 unspecified atom stereocenters. The Balaban J connectivity index is 1.08. The first-order valence-corrected chi connectivity index (χ1v) is 29.6. The molecular formula is C73H86N2. The molecular weight excluding hydrogens is 905 g/mol. The molecule has 0 radical (unpaired) electrons. The number of hydrogen-bond donors (Lipinski definition) is 0. The number of unbranched alkanes of at least 4 members (excludes halogenated alkanes) is 12. The molecule has 2 nitrogen and oxygen atoms in total. The van der Waals surface area contributed by atoms with Gasteiger partial charge in [-0.1, -0.05) is 214 Å². The van der Waals surface area contributed by atoms with Crippen LogP contribution in [0.1, 0.15) is 177 Å². The topological polar surface area (TPSA) is 6.48 Å². The molecule has 8 aromatic rings. The third kappa shape index (κ3) is 12.3. The Morgan fingerprint density at radius 2 is 0.747 bits per heavy atom. The zero-order valence-electron chi connectivity index (χ0n) is 46.7. The molecule has 0 heterocycles.